The Labute approximate surface area is 98.3 Å². The van der Waals surface area contributed by atoms with Crippen molar-refractivity contribution in [3.05, 3.63) is 0 Å². The molecule has 4 heteroatoms. The lowest BCUT2D eigenvalue weighted by molar-refractivity contribution is -0.126. The van der Waals surface area contributed by atoms with Gasteiger partial charge in [0.25, 0.3) is 0 Å². The molecule has 0 aliphatic heterocycles. The van der Waals surface area contributed by atoms with Gasteiger partial charge >= 0.3 is 0 Å². The van der Waals surface area contributed by atoms with Crippen molar-refractivity contribution in [1.82, 2.24) is 10.2 Å². The fourth-order valence-corrected chi connectivity index (χ4v) is 2.11. The van der Waals surface area contributed by atoms with Gasteiger partial charge in [-0.25, -0.2) is 0 Å². The molecular weight excluding hydrogens is 204 g/mol. The van der Waals surface area contributed by atoms with E-state index in [1.165, 1.54) is 0 Å². The lowest BCUT2D eigenvalue weighted by atomic mass is 9.87. The first-order valence-corrected chi connectivity index (χ1v) is 6.08. The highest BCUT2D eigenvalue weighted by Gasteiger charge is 2.25. The monoisotopic (exact) mass is 228 g/mol. The summed E-state index contributed by atoms with van der Waals surface area (Å²) < 4.78 is 5.29. The topological polar surface area (TPSA) is 41.6 Å². The van der Waals surface area contributed by atoms with Crippen LogP contribution in [0.4, 0.5) is 0 Å². The number of likely N-dealkylation sites (N-methyl/N-ethyl adjacent to an activating group) is 1. The van der Waals surface area contributed by atoms with Crippen LogP contribution >= 0.6 is 0 Å². The zero-order chi connectivity index (χ0) is 12.0. The van der Waals surface area contributed by atoms with Crippen LogP contribution in [0.1, 0.15) is 25.7 Å². The van der Waals surface area contributed by atoms with Crippen LogP contribution in [0.3, 0.4) is 0 Å². The van der Waals surface area contributed by atoms with Crippen molar-refractivity contribution in [2.75, 3.05) is 34.3 Å². The molecule has 1 saturated carbocycles. The molecule has 16 heavy (non-hydrogen) atoms. The Morgan fingerprint density at radius 2 is 1.94 bits per heavy atom. The van der Waals surface area contributed by atoms with E-state index in [1.807, 2.05) is 14.1 Å². The SMILES string of the molecule is COC1CCC(C(=O)NCCN(C)C)CC1. The average Bonchev–Trinajstić information content (AvgIpc) is 2.28. The Hall–Kier alpha value is -0.610. The summed E-state index contributed by atoms with van der Waals surface area (Å²) in [5.74, 6) is 0.421. The summed E-state index contributed by atoms with van der Waals surface area (Å²) in [7, 11) is 5.77. The van der Waals surface area contributed by atoms with Crippen LogP contribution in [0.5, 0.6) is 0 Å². The molecule has 1 N–H and O–H groups in total. The minimum absolute atomic E-state index is 0.202. The second-order valence-corrected chi connectivity index (χ2v) is 4.80. The lowest BCUT2D eigenvalue weighted by Crippen LogP contribution is -2.37. The Balaban J connectivity index is 2.18. The molecule has 0 aromatic carbocycles. The molecule has 1 rings (SSSR count). The zero-order valence-electron chi connectivity index (χ0n) is 10.7. The Morgan fingerprint density at radius 3 is 2.44 bits per heavy atom. The summed E-state index contributed by atoms with van der Waals surface area (Å²) in [4.78, 5) is 13.9. The largest absolute Gasteiger partial charge is 0.381 e. The fraction of sp³-hybridized carbons (Fsp3) is 0.917. The van der Waals surface area contributed by atoms with Gasteiger partial charge < -0.3 is 15.0 Å². The van der Waals surface area contributed by atoms with Crippen LogP contribution < -0.4 is 5.32 Å². The third-order valence-electron chi connectivity index (χ3n) is 3.24. The summed E-state index contributed by atoms with van der Waals surface area (Å²) in [5, 5.41) is 3.00. The van der Waals surface area contributed by atoms with Gasteiger partial charge in [0.2, 0.25) is 5.91 Å². The molecule has 1 amide bonds. The van der Waals surface area contributed by atoms with Gasteiger partial charge in [0.05, 0.1) is 6.10 Å². The van der Waals surface area contributed by atoms with E-state index in [0.29, 0.717) is 6.10 Å². The number of methoxy groups -OCH3 is 1. The van der Waals surface area contributed by atoms with E-state index in [0.717, 1.165) is 38.8 Å². The smallest absolute Gasteiger partial charge is 0.223 e. The second-order valence-electron chi connectivity index (χ2n) is 4.80. The Morgan fingerprint density at radius 1 is 1.31 bits per heavy atom. The number of ether oxygens (including phenoxy) is 1. The average molecular weight is 228 g/mol. The Kier molecular flexibility index (Phi) is 5.77. The maximum Gasteiger partial charge on any atom is 0.223 e. The van der Waals surface area contributed by atoms with Crippen LogP contribution in [0.25, 0.3) is 0 Å². The first-order chi connectivity index (χ1) is 7.63. The van der Waals surface area contributed by atoms with Gasteiger partial charge in [0.15, 0.2) is 0 Å². The fourth-order valence-electron chi connectivity index (χ4n) is 2.11. The standard InChI is InChI=1S/C12H24N2O2/c1-14(2)9-8-13-12(15)10-4-6-11(16-3)7-5-10/h10-11H,4-9H2,1-3H3,(H,13,15). The molecule has 0 aromatic heterocycles. The van der Waals surface area contributed by atoms with E-state index in [1.54, 1.807) is 7.11 Å². The van der Waals surface area contributed by atoms with Crippen molar-refractivity contribution in [2.24, 2.45) is 5.92 Å². The quantitative estimate of drug-likeness (QED) is 0.759. The van der Waals surface area contributed by atoms with Gasteiger partial charge in [0.1, 0.15) is 0 Å². The molecule has 0 bridgehead atoms. The Bertz CT molecular complexity index is 211. The second kappa shape index (κ2) is 6.86. The van der Waals surface area contributed by atoms with E-state index in [-0.39, 0.29) is 11.8 Å². The number of nitrogens with one attached hydrogen (secondary N) is 1. The molecule has 0 aromatic rings. The number of amides is 1. The van der Waals surface area contributed by atoms with Crippen molar-refractivity contribution < 1.29 is 9.53 Å². The van der Waals surface area contributed by atoms with Crippen LogP contribution in [0, 0.1) is 5.92 Å². The normalized spacial score (nSPS) is 25.8. The zero-order valence-corrected chi connectivity index (χ0v) is 10.7. The molecular formula is C12H24N2O2. The molecule has 0 unspecified atom stereocenters. The number of nitrogens with zero attached hydrogens (tertiary/aromatic N) is 1. The van der Waals surface area contributed by atoms with Crippen LogP contribution in [0.15, 0.2) is 0 Å². The van der Waals surface area contributed by atoms with E-state index in [9.17, 15) is 4.79 Å². The van der Waals surface area contributed by atoms with Gasteiger partial charge in [-0.15, -0.1) is 0 Å². The van der Waals surface area contributed by atoms with Gasteiger partial charge in [0, 0.05) is 26.1 Å². The lowest BCUT2D eigenvalue weighted by Gasteiger charge is -2.26. The van der Waals surface area contributed by atoms with E-state index in [2.05, 4.69) is 10.2 Å². The predicted octanol–water partition coefficient (Wildman–Crippen LogP) is 0.869. The van der Waals surface area contributed by atoms with Crippen molar-refractivity contribution in [2.45, 2.75) is 31.8 Å². The van der Waals surface area contributed by atoms with Crippen molar-refractivity contribution in [3.63, 3.8) is 0 Å². The molecule has 0 atom stereocenters. The van der Waals surface area contributed by atoms with Crippen LogP contribution in [0.2, 0.25) is 0 Å². The first kappa shape index (κ1) is 13.5. The maximum atomic E-state index is 11.8. The molecule has 1 fully saturated rings. The first-order valence-electron chi connectivity index (χ1n) is 6.08. The van der Waals surface area contributed by atoms with E-state index >= 15 is 0 Å². The molecule has 0 heterocycles. The molecule has 0 spiro atoms. The maximum absolute atomic E-state index is 11.8. The van der Waals surface area contributed by atoms with Gasteiger partial charge in [-0.2, -0.15) is 0 Å². The van der Waals surface area contributed by atoms with Crippen LogP contribution in [-0.2, 0) is 9.53 Å². The molecule has 94 valence electrons. The van der Waals surface area contributed by atoms with Gasteiger partial charge in [-0.3, -0.25) is 4.79 Å². The van der Waals surface area contributed by atoms with Gasteiger partial charge in [-0.05, 0) is 39.8 Å². The summed E-state index contributed by atoms with van der Waals surface area (Å²) in [6, 6.07) is 0. The van der Waals surface area contributed by atoms with E-state index < -0.39 is 0 Å². The van der Waals surface area contributed by atoms with E-state index in [4.69, 9.17) is 4.74 Å². The molecule has 0 saturated heterocycles. The summed E-state index contributed by atoms with van der Waals surface area (Å²) in [5.41, 5.74) is 0. The third-order valence-corrected chi connectivity index (χ3v) is 3.24. The number of carbonyl (C=O) groups excluding carboxylic acids is 1. The minimum Gasteiger partial charge on any atom is -0.381 e. The summed E-state index contributed by atoms with van der Waals surface area (Å²) in [6.07, 6.45) is 4.33. The van der Waals surface area contributed by atoms with Crippen molar-refractivity contribution in [3.8, 4) is 0 Å². The van der Waals surface area contributed by atoms with Gasteiger partial charge in [-0.1, -0.05) is 0 Å². The minimum atomic E-state index is 0.202. The number of hydrogen-bond donors (Lipinski definition) is 1. The highest BCUT2D eigenvalue weighted by atomic mass is 16.5. The number of hydrogen-bond acceptors (Lipinski definition) is 3. The van der Waals surface area contributed by atoms with Crippen molar-refractivity contribution in [1.29, 1.82) is 0 Å². The number of rotatable bonds is 5. The summed E-state index contributed by atoms with van der Waals surface area (Å²) >= 11 is 0. The highest BCUT2D eigenvalue weighted by molar-refractivity contribution is 5.78. The highest BCUT2D eigenvalue weighted by Crippen LogP contribution is 2.25. The third kappa shape index (κ3) is 4.49. The molecule has 0 radical (unpaired) electrons. The number of carbonyl (C=O) groups is 1. The van der Waals surface area contributed by atoms with Crippen molar-refractivity contribution >= 4 is 5.91 Å². The molecule has 4 nitrogen and oxygen atoms in total. The molecule has 1 aliphatic carbocycles. The van der Waals surface area contributed by atoms with Crippen LogP contribution in [-0.4, -0.2) is 51.2 Å². The molecule has 1 aliphatic rings. The summed E-state index contributed by atoms with van der Waals surface area (Å²) in [6.45, 7) is 1.65. The predicted molar refractivity (Wildman–Crippen MR) is 64.3 cm³/mol.